The summed E-state index contributed by atoms with van der Waals surface area (Å²) in [4.78, 5) is 0. The SMILES string of the molecule is C[C@]12CCC(O)CC1=CC[C@@H]1[C@H]2C(O)C[C@@]2(C)[C@H]1CCC21CO1. The molecule has 3 nitrogen and oxygen atoms in total. The fourth-order valence-corrected chi connectivity index (χ4v) is 7.41. The zero-order valence-corrected chi connectivity index (χ0v) is 14.4. The number of hydrogen-bond donors (Lipinski definition) is 2. The van der Waals surface area contributed by atoms with Gasteiger partial charge in [0.25, 0.3) is 0 Å². The van der Waals surface area contributed by atoms with Gasteiger partial charge >= 0.3 is 0 Å². The van der Waals surface area contributed by atoms with E-state index < -0.39 is 0 Å². The van der Waals surface area contributed by atoms with Crippen molar-refractivity contribution in [1.82, 2.24) is 0 Å². The number of ether oxygens (including phenoxy) is 1. The number of hydrogen-bond acceptors (Lipinski definition) is 3. The minimum absolute atomic E-state index is 0.0945. The van der Waals surface area contributed by atoms with Crippen LogP contribution in [0.5, 0.6) is 0 Å². The first-order valence-corrected chi connectivity index (χ1v) is 9.59. The maximum absolute atomic E-state index is 11.2. The summed E-state index contributed by atoms with van der Waals surface area (Å²) in [5.41, 5.74) is 1.79. The van der Waals surface area contributed by atoms with Gasteiger partial charge in [-0.25, -0.2) is 0 Å². The Bertz CT molecular complexity index is 565. The molecule has 128 valence electrons. The van der Waals surface area contributed by atoms with E-state index in [4.69, 9.17) is 4.74 Å². The molecular weight excluding hydrogens is 288 g/mol. The smallest absolute Gasteiger partial charge is 0.0973 e. The molecule has 0 radical (unpaired) electrons. The second-order valence-electron chi connectivity index (χ2n) is 9.59. The highest BCUT2D eigenvalue weighted by atomic mass is 16.6. The fourth-order valence-electron chi connectivity index (χ4n) is 7.41. The van der Waals surface area contributed by atoms with Crippen molar-refractivity contribution in [2.45, 2.75) is 76.6 Å². The van der Waals surface area contributed by atoms with Crippen molar-refractivity contribution < 1.29 is 14.9 Å². The Morgan fingerprint density at radius 1 is 1.17 bits per heavy atom. The van der Waals surface area contributed by atoms with Crippen molar-refractivity contribution in [1.29, 1.82) is 0 Å². The molecule has 1 heterocycles. The number of fused-ring (bicyclic) bond motifs is 6. The van der Waals surface area contributed by atoms with E-state index in [2.05, 4.69) is 19.9 Å². The highest BCUT2D eigenvalue weighted by molar-refractivity contribution is 5.28. The summed E-state index contributed by atoms with van der Waals surface area (Å²) in [5, 5.41) is 21.3. The average Bonchev–Trinajstić information content (AvgIpc) is 3.22. The maximum atomic E-state index is 11.2. The van der Waals surface area contributed by atoms with Crippen molar-refractivity contribution in [2.24, 2.45) is 28.6 Å². The fraction of sp³-hybridized carbons (Fsp3) is 0.900. The van der Waals surface area contributed by atoms with Gasteiger partial charge in [0.15, 0.2) is 0 Å². The molecule has 4 fully saturated rings. The zero-order chi connectivity index (χ0) is 16.0. The van der Waals surface area contributed by atoms with Crippen molar-refractivity contribution >= 4 is 0 Å². The molecule has 5 rings (SSSR count). The molecule has 2 N–H and O–H groups in total. The summed E-state index contributed by atoms with van der Waals surface area (Å²) >= 11 is 0. The van der Waals surface area contributed by atoms with Crippen molar-refractivity contribution in [3.63, 3.8) is 0 Å². The summed E-state index contributed by atoms with van der Waals surface area (Å²) in [6.45, 7) is 5.67. The lowest BCUT2D eigenvalue weighted by Crippen LogP contribution is -2.57. The Morgan fingerprint density at radius 2 is 1.96 bits per heavy atom. The molecule has 0 amide bonds. The molecular formula is C20H30O3. The molecule has 1 spiro atoms. The lowest BCUT2D eigenvalue weighted by atomic mass is 9.46. The number of aliphatic hydroxyl groups is 2. The van der Waals surface area contributed by atoms with E-state index >= 15 is 0 Å². The lowest BCUT2D eigenvalue weighted by Gasteiger charge is -2.59. The summed E-state index contributed by atoms with van der Waals surface area (Å²) < 4.78 is 5.94. The molecule has 5 aliphatic rings. The van der Waals surface area contributed by atoms with E-state index in [1.165, 1.54) is 18.4 Å². The number of rotatable bonds is 0. The normalized spacial score (nSPS) is 60.7. The molecule has 0 bridgehead atoms. The van der Waals surface area contributed by atoms with Gasteiger partial charge < -0.3 is 14.9 Å². The van der Waals surface area contributed by atoms with Gasteiger partial charge in [0.1, 0.15) is 0 Å². The Hall–Kier alpha value is -0.380. The van der Waals surface area contributed by atoms with Gasteiger partial charge in [0.2, 0.25) is 0 Å². The molecule has 4 aliphatic carbocycles. The molecule has 0 aromatic heterocycles. The summed E-state index contributed by atoms with van der Waals surface area (Å²) in [5.74, 6) is 1.66. The Labute approximate surface area is 139 Å². The average molecular weight is 318 g/mol. The summed E-state index contributed by atoms with van der Waals surface area (Å²) in [6, 6.07) is 0. The highest BCUT2D eigenvalue weighted by Gasteiger charge is 2.71. The second kappa shape index (κ2) is 4.42. The van der Waals surface area contributed by atoms with Crippen LogP contribution in [0.1, 0.15) is 58.8 Å². The van der Waals surface area contributed by atoms with Crippen molar-refractivity contribution in [3.05, 3.63) is 11.6 Å². The standard InChI is InChI=1S/C20H30O3/c1-18-7-5-13(21)9-12(18)3-4-14-15-6-8-20(11-23-20)19(15,2)10-16(22)17(14)18/h3,13-17,21-22H,4-11H2,1-2H3/t13?,14-,15-,16?,17-,18-,19-,20?/m0/s1. The number of aliphatic hydroxyl groups excluding tert-OH is 2. The van der Waals surface area contributed by atoms with Gasteiger partial charge in [0, 0.05) is 5.41 Å². The number of epoxide rings is 1. The molecule has 0 aromatic carbocycles. The van der Waals surface area contributed by atoms with E-state index in [0.29, 0.717) is 17.8 Å². The van der Waals surface area contributed by atoms with Crippen LogP contribution in [0.25, 0.3) is 0 Å². The summed E-state index contributed by atoms with van der Waals surface area (Å²) in [7, 11) is 0. The van der Waals surface area contributed by atoms with Gasteiger partial charge in [-0.1, -0.05) is 25.5 Å². The first-order chi connectivity index (χ1) is 10.9. The predicted molar refractivity (Wildman–Crippen MR) is 87.8 cm³/mol. The lowest BCUT2D eigenvalue weighted by molar-refractivity contribution is -0.128. The second-order valence-corrected chi connectivity index (χ2v) is 9.59. The van der Waals surface area contributed by atoms with Gasteiger partial charge in [-0.2, -0.15) is 0 Å². The van der Waals surface area contributed by atoms with E-state index in [1.54, 1.807) is 0 Å². The third-order valence-electron chi connectivity index (χ3n) is 8.80. The topological polar surface area (TPSA) is 53.0 Å². The van der Waals surface area contributed by atoms with E-state index in [-0.39, 0.29) is 28.6 Å². The maximum Gasteiger partial charge on any atom is 0.0973 e. The molecule has 1 aliphatic heterocycles. The van der Waals surface area contributed by atoms with Crippen LogP contribution in [0.2, 0.25) is 0 Å². The third kappa shape index (κ3) is 1.72. The monoisotopic (exact) mass is 318 g/mol. The first kappa shape index (κ1) is 14.9. The van der Waals surface area contributed by atoms with Crippen LogP contribution in [0.3, 0.4) is 0 Å². The highest BCUT2D eigenvalue weighted by Crippen LogP contribution is 2.70. The van der Waals surface area contributed by atoms with Crippen LogP contribution in [-0.4, -0.2) is 34.6 Å². The van der Waals surface area contributed by atoms with E-state index in [9.17, 15) is 10.2 Å². The van der Waals surface area contributed by atoms with Gasteiger partial charge in [-0.05, 0) is 68.1 Å². The molecule has 3 heteroatoms. The van der Waals surface area contributed by atoms with Crippen LogP contribution in [0.15, 0.2) is 11.6 Å². The van der Waals surface area contributed by atoms with Crippen LogP contribution in [0, 0.1) is 28.6 Å². The van der Waals surface area contributed by atoms with Gasteiger partial charge in [0.05, 0.1) is 24.4 Å². The Morgan fingerprint density at radius 3 is 2.70 bits per heavy atom. The molecule has 0 aromatic rings. The van der Waals surface area contributed by atoms with E-state index in [0.717, 1.165) is 38.7 Å². The molecule has 23 heavy (non-hydrogen) atoms. The van der Waals surface area contributed by atoms with Crippen LogP contribution in [0.4, 0.5) is 0 Å². The number of allylic oxidation sites excluding steroid dienone is 1. The molecule has 1 saturated heterocycles. The van der Waals surface area contributed by atoms with E-state index in [1.807, 2.05) is 0 Å². The Kier molecular flexibility index (Phi) is 2.87. The zero-order valence-electron chi connectivity index (χ0n) is 14.4. The largest absolute Gasteiger partial charge is 0.393 e. The third-order valence-corrected chi connectivity index (χ3v) is 8.80. The van der Waals surface area contributed by atoms with Crippen LogP contribution >= 0.6 is 0 Å². The first-order valence-electron chi connectivity index (χ1n) is 9.59. The quantitative estimate of drug-likeness (QED) is 0.533. The van der Waals surface area contributed by atoms with Crippen LogP contribution in [-0.2, 0) is 4.74 Å². The molecule has 3 unspecified atom stereocenters. The molecule has 8 atom stereocenters. The minimum Gasteiger partial charge on any atom is -0.393 e. The van der Waals surface area contributed by atoms with Crippen molar-refractivity contribution in [3.8, 4) is 0 Å². The van der Waals surface area contributed by atoms with Crippen molar-refractivity contribution in [2.75, 3.05) is 6.61 Å². The van der Waals surface area contributed by atoms with Crippen LogP contribution < -0.4 is 0 Å². The predicted octanol–water partition coefficient (Wildman–Crippen LogP) is 3.05. The van der Waals surface area contributed by atoms with Gasteiger partial charge in [-0.15, -0.1) is 0 Å². The Balaban J connectivity index is 1.55. The summed E-state index contributed by atoms with van der Waals surface area (Å²) in [6.07, 6.45) is 9.24. The minimum atomic E-state index is -0.218. The molecule has 3 saturated carbocycles. The van der Waals surface area contributed by atoms with Gasteiger partial charge in [-0.3, -0.25) is 0 Å².